The number of allylic oxidation sites excluding steroid dienone is 2. The molecule has 196 valence electrons. The molecular formula is C30H58O3. The number of carboxylic acid groups (broad SMARTS) is 1. The van der Waals surface area contributed by atoms with Crippen molar-refractivity contribution in [3.05, 3.63) is 12.2 Å². The van der Waals surface area contributed by atoms with Gasteiger partial charge in [0.1, 0.15) is 0 Å². The first-order chi connectivity index (χ1) is 16.1. The molecule has 0 aromatic heterocycles. The predicted octanol–water partition coefficient (Wildman–Crippen LogP) is 9.62. The minimum absolute atomic E-state index is 0.118. The zero-order valence-corrected chi connectivity index (χ0v) is 22.4. The molecule has 33 heavy (non-hydrogen) atoms. The van der Waals surface area contributed by atoms with E-state index >= 15 is 0 Å². The first-order valence-corrected chi connectivity index (χ1v) is 14.6. The second-order valence-electron chi connectivity index (χ2n) is 10.3. The van der Waals surface area contributed by atoms with E-state index in [9.17, 15) is 9.90 Å². The molecule has 0 aromatic rings. The molecule has 0 heterocycles. The van der Waals surface area contributed by atoms with Crippen molar-refractivity contribution in [1.29, 1.82) is 0 Å². The zero-order chi connectivity index (χ0) is 24.4. The molecule has 3 nitrogen and oxygen atoms in total. The second kappa shape index (κ2) is 25.8. The van der Waals surface area contributed by atoms with Gasteiger partial charge in [0.25, 0.3) is 0 Å². The lowest BCUT2D eigenvalue weighted by molar-refractivity contribution is -0.139. The number of unbranched alkanes of at least 4 members (excludes halogenated alkanes) is 16. The van der Waals surface area contributed by atoms with Crippen molar-refractivity contribution < 1.29 is 15.0 Å². The molecule has 0 saturated heterocycles. The lowest BCUT2D eigenvalue weighted by Gasteiger charge is -2.19. The van der Waals surface area contributed by atoms with Crippen molar-refractivity contribution in [2.45, 2.75) is 168 Å². The van der Waals surface area contributed by atoms with Crippen LogP contribution in [0.4, 0.5) is 0 Å². The third-order valence-corrected chi connectivity index (χ3v) is 6.86. The molecule has 0 bridgehead atoms. The van der Waals surface area contributed by atoms with E-state index in [4.69, 9.17) is 5.11 Å². The van der Waals surface area contributed by atoms with Gasteiger partial charge in [-0.25, -0.2) is 0 Å². The highest BCUT2D eigenvalue weighted by molar-refractivity contribution is 5.67. The number of aliphatic hydroxyl groups is 1. The molecule has 0 aromatic carbocycles. The summed E-state index contributed by atoms with van der Waals surface area (Å²) >= 11 is 0. The minimum Gasteiger partial charge on any atom is -0.481 e. The monoisotopic (exact) mass is 466 g/mol. The average molecular weight is 467 g/mol. The molecule has 0 fully saturated rings. The van der Waals surface area contributed by atoms with E-state index < -0.39 is 12.1 Å². The molecule has 0 aliphatic carbocycles. The van der Waals surface area contributed by atoms with Gasteiger partial charge in [-0.15, -0.1) is 0 Å². The fraction of sp³-hybridized carbons (Fsp3) is 0.900. The lowest BCUT2D eigenvalue weighted by atomic mass is 9.89. The highest BCUT2D eigenvalue weighted by Crippen LogP contribution is 2.24. The van der Waals surface area contributed by atoms with Crippen LogP contribution in [0.15, 0.2) is 12.2 Å². The normalized spacial score (nSPS) is 13.5. The molecule has 0 spiro atoms. The SMILES string of the molecule is CCCCCCCC/C=C\CCCC(CCCCCCCCCCCC)CC(O)CC(=O)O. The summed E-state index contributed by atoms with van der Waals surface area (Å²) in [6.07, 6.45) is 31.7. The van der Waals surface area contributed by atoms with Crippen LogP contribution >= 0.6 is 0 Å². The summed E-state index contributed by atoms with van der Waals surface area (Å²) in [6.45, 7) is 4.53. The van der Waals surface area contributed by atoms with E-state index in [0.29, 0.717) is 12.3 Å². The highest BCUT2D eigenvalue weighted by atomic mass is 16.4. The van der Waals surface area contributed by atoms with E-state index in [0.717, 1.165) is 25.7 Å². The fourth-order valence-electron chi connectivity index (χ4n) is 4.77. The number of hydrogen-bond acceptors (Lipinski definition) is 2. The number of hydrogen-bond donors (Lipinski definition) is 2. The molecule has 0 aliphatic heterocycles. The third kappa shape index (κ3) is 25.6. The highest BCUT2D eigenvalue weighted by Gasteiger charge is 2.16. The quantitative estimate of drug-likeness (QED) is 0.0985. The van der Waals surface area contributed by atoms with Gasteiger partial charge in [0, 0.05) is 0 Å². The minimum atomic E-state index is -0.891. The molecule has 3 heteroatoms. The van der Waals surface area contributed by atoms with Crippen LogP contribution < -0.4 is 0 Å². The average Bonchev–Trinajstić information content (AvgIpc) is 2.77. The van der Waals surface area contributed by atoms with Crippen molar-refractivity contribution in [2.75, 3.05) is 0 Å². The first kappa shape index (κ1) is 32.2. The van der Waals surface area contributed by atoms with Crippen LogP contribution in [0, 0.1) is 5.92 Å². The van der Waals surface area contributed by atoms with Gasteiger partial charge < -0.3 is 10.2 Å². The topological polar surface area (TPSA) is 57.5 Å². The number of carboxylic acids is 1. The second-order valence-corrected chi connectivity index (χ2v) is 10.3. The van der Waals surface area contributed by atoms with Crippen LogP contribution in [0.2, 0.25) is 0 Å². The van der Waals surface area contributed by atoms with Crippen LogP contribution in [-0.2, 0) is 4.79 Å². The number of aliphatic hydroxyl groups excluding tert-OH is 1. The third-order valence-electron chi connectivity index (χ3n) is 6.86. The Hall–Kier alpha value is -0.830. The Kier molecular flexibility index (Phi) is 25.1. The maximum absolute atomic E-state index is 10.9. The standard InChI is InChI=1S/C30H58O3/c1-3-5-7-9-11-13-15-17-19-21-23-25-28(26-29(31)27-30(32)33)24-22-20-18-16-14-12-10-8-6-4-2/h17,19,28-29,31H,3-16,18,20-27H2,1-2H3,(H,32,33)/b19-17-. The molecule has 0 aliphatic rings. The van der Waals surface area contributed by atoms with Gasteiger partial charge in [0.2, 0.25) is 0 Å². The Balaban J connectivity index is 3.95. The van der Waals surface area contributed by atoms with Gasteiger partial charge in [0.15, 0.2) is 0 Å². The van der Waals surface area contributed by atoms with Gasteiger partial charge >= 0.3 is 5.97 Å². The summed E-state index contributed by atoms with van der Waals surface area (Å²) in [6, 6.07) is 0. The summed E-state index contributed by atoms with van der Waals surface area (Å²) in [7, 11) is 0. The molecule has 2 unspecified atom stereocenters. The van der Waals surface area contributed by atoms with Gasteiger partial charge in [-0.1, -0.05) is 135 Å². The Bertz CT molecular complexity index is 432. The van der Waals surface area contributed by atoms with Crippen LogP contribution in [0.25, 0.3) is 0 Å². The molecule has 0 rings (SSSR count). The lowest BCUT2D eigenvalue weighted by Crippen LogP contribution is -2.17. The summed E-state index contributed by atoms with van der Waals surface area (Å²) in [5.41, 5.74) is 0. The molecule has 0 radical (unpaired) electrons. The van der Waals surface area contributed by atoms with Crippen molar-refractivity contribution >= 4 is 5.97 Å². The Morgan fingerprint density at radius 3 is 1.58 bits per heavy atom. The molecular weight excluding hydrogens is 408 g/mol. The van der Waals surface area contributed by atoms with E-state index in [1.54, 1.807) is 0 Å². The summed E-state index contributed by atoms with van der Waals surface area (Å²) < 4.78 is 0. The van der Waals surface area contributed by atoms with Crippen molar-refractivity contribution in [2.24, 2.45) is 5.92 Å². The van der Waals surface area contributed by atoms with Crippen LogP contribution in [0.3, 0.4) is 0 Å². The van der Waals surface area contributed by atoms with Crippen molar-refractivity contribution in [3.63, 3.8) is 0 Å². The number of aliphatic carboxylic acids is 1. The van der Waals surface area contributed by atoms with Gasteiger partial charge in [-0.3, -0.25) is 4.79 Å². The van der Waals surface area contributed by atoms with Crippen LogP contribution in [0.5, 0.6) is 0 Å². The molecule has 0 saturated carbocycles. The summed E-state index contributed by atoms with van der Waals surface area (Å²) in [4.78, 5) is 10.9. The van der Waals surface area contributed by atoms with E-state index in [1.807, 2.05) is 0 Å². The maximum atomic E-state index is 10.9. The summed E-state index contributed by atoms with van der Waals surface area (Å²) in [5, 5.41) is 19.1. The number of carbonyl (C=O) groups is 1. The fourth-order valence-corrected chi connectivity index (χ4v) is 4.77. The van der Waals surface area contributed by atoms with E-state index in [-0.39, 0.29) is 6.42 Å². The molecule has 2 atom stereocenters. The predicted molar refractivity (Wildman–Crippen MR) is 144 cm³/mol. The molecule has 0 amide bonds. The summed E-state index contributed by atoms with van der Waals surface area (Å²) in [5.74, 6) is -0.432. The largest absolute Gasteiger partial charge is 0.481 e. The van der Waals surface area contributed by atoms with E-state index in [2.05, 4.69) is 26.0 Å². The van der Waals surface area contributed by atoms with Crippen LogP contribution in [-0.4, -0.2) is 22.3 Å². The number of rotatable bonds is 26. The molecule has 2 N–H and O–H groups in total. The Morgan fingerprint density at radius 1 is 0.636 bits per heavy atom. The first-order valence-electron chi connectivity index (χ1n) is 14.6. The van der Waals surface area contributed by atoms with Crippen molar-refractivity contribution in [1.82, 2.24) is 0 Å². The Labute approximate surface area is 206 Å². The van der Waals surface area contributed by atoms with E-state index in [1.165, 1.54) is 109 Å². The van der Waals surface area contributed by atoms with Gasteiger partial charge in [0.05, 0.1) is 12.5 Å². The van der Waals surface area contributed by atoms with Gasteiger partial charge in [-0.2, -0.15) is 0 Å². The van der Waals surface area contributed by atoms with Crippen LogP contribution in [0.1, 0.15) is 162 Å². The smallest absolute Gasteiger partial charge is 0.305 e. The van der Waals surface area contributed by atoms with Crippen molar-refractivity contribution in [3.8, 4) is 0 Å². The van der Waals surface area contributed by atoms with Gasteiger partial charge in [-0.05, 0) is 38.0 Å². The zero-order valence-electron chi connectivity index (χ0n) is 22.4. The maximum Gasteiger partial charge on any atom is 0.305 e. The Morgan fingerprint density at radius 2 is 1.06 bits per heavy atom.